The topological polar surface area (TPSA) is 54.5 Å². The van der Waals surface area contributed by atoms with Gasteiger partial charge in [0.05, 0.1) is 19.3 Å². The highest BCUT2D eigenvalue weighted by Gasteiger charge is 2.31. The van der Waals surface area contributed by atoms with E-state index in [0.717, 1.165) is 28.4 Å². The van der Waals surface area contributed by atoms with Gasteiger partial charge in [-0.1, -0.05) is 18.2 Å². The Morgan fingerprint density at radius 3 is 2.86 bits per heavy atom. The van der Waals surface area contributed by atoms with Crippen molar-refractivity contribution in [1.82, 2.24) is 15.2 Å². The van der Waals surface area contributed by atoms with Gasteiger partial charge in [-0.15, -0.1) is 36.2 Å². The molecule has 0 spiro atoms. The molecule has 3 heterocycles. The number of thiazole rings is 1. The Balaban J connectivity index is 0.00000140. The molecule has 1 unspecified atom stereocenters. The number of carbonyl (C=O) groups excluding carboxylic acids is 1. The van der Waals surface area contributed by atoms with Crippen molar-refractivity contribution in [3.8, 4) is 16.3 Å². The van der Waals surface area contributed by atoms with Crippen molar-refractivity contribution in [2.45, 2.75) is 6.04 Å². The Hall–Kier alpha value is -1.64. The summed E-state index contributed by atoms with van der Waals surface area (Å²) in [6.45, 7) is 2.16. The lowest BCUT2D eigenvalue weighted by molar-refractivity contribution is 0.0636. The van der Waals surface area contributed by atoms with E-state index < -0.39 is 0 Å². The van der Waals surface area contributed by atoms with E-state index in [1.54, 1.807) is 24.6 Å². The molecule has 1 fully saturated rings. The van der Waals surface area contributed by atoms with Gasteiger partial charge in [-0.05, 0) is 17.5 Å². The molecule has 9 heteroatoms. The number of carbonyl (C=O) groups is 1. The number of methoxy groups -OCH3 is 1. The highest BCUT2D eigenvalue weighted by Crippen LogP contribution is 2.33. The lowest BCUT2D eigenvalue weighted by Gasteiger charge is -2.36. The first-order valence-electron chi connectivity index (χ1n) is 8.41. The number of para-hydroxylation sites is 1. The van der Waals surface area contributed by atoms with E-state index >= 15 is 0 Å². The average Bonchev–Trinajstić information content (AvgIpc) is 3.39. The van der Waals surface area contributed by atoms with Crippen LogP contribution in [-0.2, 0) is 0 Å². The Morgan fingerprint density at radius 1 is 1.29 bits per heavy atom. The third kappa shape index (κ3) is 4.50. The molecule has 1 N–H and O–H groups in total. The van der Waals surface area contributed by atoms with E-state index in [4.69, 9.17) is 4.74 Å². The summed E-state index contributed by atoms with van der Waals surface area (Å²) in [5.41, 5.74) is 2.10. The van der Waals surface area contributed by atoms with Crippen LogP contribution in [0.1, 0.15) is 21.3 Å². The van der Waals surface area contributed by atoms with Crippen LogP contribution >= 0.6 is 47.5 Å². The van der Waals surface area contributed by atoms with E-state index in [-0.39, 0.29) is 36.8 Å². The van der Waals surface area contributed by atoms with Crippen LogP contribution < -0.4 is 10.1 Å². The van der Waals surface area contributed by atoms with Crippen LogP contribution in [0.4, 0.5) is 0 Å². The fourth-order valence-corrected chi connectivity index (χ4v) is 4.78. The number of benzene rings is 1. The third-order valence-corrected chi connectivity index (χ3v) is 6.20. The molecule has 0 saturated carbocycles. The first-order chi connectivity index (χ1) is 12.8. The quantitative estimate of drug-likeness (QED) is 0.625. The Bertz CT molecular complexity index is 902. The first-order valence-corrected chi connectivity index (χ1v) is 10.2. The Labute approximate surface area is 184 Å². The minimum Gasteiger partial charge on any atom is -0.496 e. The summed E-state index contributed by atoms with van der Waals surface area (Å²) >= 11 is 3.08. The van der Waals surface area contributed by atoms with Crippen molar-refractivity contribution < 1.29 is 9.53 Å². The molecule has 0 bridgehead atoms. The van der Waals surface area contributed by atoms with Crippen molar-refractivity contribution >= 4 is 53.4 Å². The summed E-state index contributed by atoms with van der Waals surface area (Å²) in [7, 11) is 1.66. The summed E-state index contributed by atoms with van der Waals surface area (Å²) in [5.74, 6) is 0.837. The zero-order valence-corrected chi connectivity index (χ0v) is 18.4. The minimum atomic E-state index is -0.0564. The van der Waals surface area contributed by atoms with Crippen LogP contribution in [0.25, 0.3) is 10.6 Å². The number of ether oxygens (including phenoxy) is 1. The molecule has 0 aliphatic carbocycles. The van der Waals surface area contributed by atoms with Crippen LogP contribution in [0.2, 0.25) is 0 Å². The van der Waals surface area contributed by atoms with Gasteiger partial charge in [0.25, 0.3) is 5.91 Å². The summed E-state index contributed by atoms with van der Waals surface area (Å²) in [6.07, 6.45) is 1.70. The van der Waals surface area contributed by atoms with Crippen LogP contribution in [0.5, 0.6) is 5.75 Å². The maximum Gasteiger partial charge on any atom is 0.266 e. The van der Waals surface area contributed by atoms with Crippen molar-refractivity contribution in [1.29, 1.82) is 0 Å². The first kappa shape index (κ1) is 22.6. The SMILES string of the molecule is COc1ccccc1C1CNCCN1C(=O)c1cnc(-c2ccsc2)s1.Cl.Cl. The molecule has 1 aliphatic heterocycles. The number of nitrogens with zero attached hydrogens (tertiary/aromatic N) is 2. The molecule has 150 valence electrons. The summed E-state index contributed by atoms with van der Waals surface area (Å²) in [4.78, 5) is 20.2. The Morgan fingerprint density at radius 2 is 2.11 bits per heavy atom. The zero-order valence-electron chi connectivity index (χ0n) is 15.2. The van der Waals surface area contributed by atoms with Gasteiger partial charge in [0.1, 0.15) is 15.6 Å². The second kappa shape index (κ2) is 10.2. The van der Waals surface area contributed by atoms with E-state index in [1.807, 2.05) is 40.6 Å². The average molecular weight is 458 g/mol. The monoisotopic (exact) mass is 457 g/mol. The highest BCUT2D eigenvalue weighted by atomic mass is 35.5. The maximum absolute atomic E-state index is 13.2. The van der Waals surface area contributed by atoms with Crippen molar-refractivity contribution in [2.24, 2.45) is 0 Å². The largest absolute Gasteiger partial charge is 0.496 e. The molecule has 3 aromatic rings. The molecule has 4 rings (SSSR count). The van der Waals surface area contributed by atoms with Gasteiger partial charge in [0, 0.05) is 36.1 Å². The predicted octanol–water partition coefficient (Wildman–Crippen LogP) is 4.51. The number of nitrogens with one attached hydrogen (secondary N) is 1. The van der Waals surface area contributed by atoms with Crippen molar-refractivity contribution in [2.75, 3.05) is 26.7 Å². The second-order valence-electron chi connectivity index (χ2n) is 6.00. The third-order valence-electron chi connectivity index (χ3n) is 4.49. The number of hydrogen-bond donors (Lipinski definition) is 1. The Kier molecular flexibility index (Phi) is 8.27. The number of rotatable bonds is 4. The lowest BCUT2D eigenvalue weighted by atomic mass is 10.0. The zero-order chi connectivity index (χ0) is 17.9. The van der Waals surface area contributed by atoms with Crippen molar-refractivity contribution in [3.05, 3.63) is 57.7 Å². The molecule has 28 heavy (non-hydrogen) atoms. The number of hydrogen-bond acceptors (Lipinski definition) is 6. The van der Waals surface area contributed by atoms with Gasteiger partial charge in [0.15, 0.2) is 0 Å². The van der Waals surface area contributed by atoms with Crippen LogP contribution in [0.15, 0.2) is 47.3 Å². The van der Waals surface area contributed by atoms with Crippen LogP contribution in [0, 0.1) is 0 Å². The molecule has 2 aromatic heterocycles. The second-order valence-corrected chi connectivity index (χ2v) is 7.81. The number of halogens is 2. The van der Waals surface area contributed by atoms with Gasteiger partial charge >= 0.3 is 0 Å². The fraction of sp³-hybridized carbons (Fsp3) is 0.263. The van der Waals surface area contributed by atoms with E-state index in [1.165, 1.54) is 11.3 Å². The minimum absolute atomic E-state index is 0. The van der Waals surface area contributed by atoms with Gasteiger partial charge < -0.3 is 15.0 Å². The molecule has 0 radical (unpaired) electrons. The smallest absolute Gasteiger partial charge is 0.266 e. The highest BCUT2D eigenvalue weighted by molar-refractivity contribution is 7.17. The number of amides is 1. The molecule has 1 amide bonds. The maximum atomic E-state index is 13.2. The van der Waals surface area contributed by atoms with Gasteiger partial charge in [0.2, 0.25) is 0 Å². The summed E-state index contributed by atoms with van der Waals surface area (Å²) in [5, 5.41) is 8.35. The number of thiophene rings is 1. The van der Waals surface area contributed by atoms with E-state index in [9.17, 15) is 4.79 Å². The molecule has 5 nitrogen and oxygen atoms in total. The van der Waals surface area contributed by atoms with Gasteiger partial charge in [-0.3, -0.25) is 4.79 Å². The van der Waals surface area contributed by atoms with E-state index in [2.05, 4.69) is 15.7 Å². The van der Waals surface area contributed by atoms with Gasteiger partial charge in [-0.2, -0.15) is 11.3 Å². The lowest BCUT2D eigenvalue weighted by Crippen LogP contribution is -2.48. The van der Waals surface area contributed by atoms with Gasteiger partial charge in [-0.25, -0.2) is 4.98 Å². The molecule has 1 atom stereocenters. The molecule has 1 aliphatic rings. The number of piperazine rings is 1. The molecular weight excluding hydrogens is 437 g/mol. The summed E-state index contributed by atoms with van der Waals surface area (Å²) < 4.78 is 5.51. The molecular formula is C19H21Cl2N3O2S2. The van der Waals surface area contributed by atoms with E-state index in [0.29, 0.717) is 18.0 Å². The van der Waals surface area contributed by atoms with Crippen LogP contribution in [0.3, 0.4) is 0 Å². The number of aromatic nitrogens is 1. The summed E-state index contributed by atoms with van der Waals surface area (Å²) in [6, 6.07) is 9.87. The predicted molar refractivity (Wildman–Crippen MR) is 120 cm³/mol. The standard InChI is InChI=1S/C19H19N3O2S2.2ClH/c1-24-16-5-3-2-4-14(16)15-10-20-7-8-22(15)19(23)17-11-21-18(26-17)13-6-9-25-12-13;;/h2-6,9,11-12,15,20H,7-8,10H2,1H3;2*1H. The fourth-order valence-electron chi connectivity index (χ4n) is 3.20. The van der Waals surface area contributed by atoms with Crippen LogP contribution in [-0.4, -0.2) is 42.5 Å². The van der Waals surface area contributed by atoms with Crippen molar-refractivity contribution in [3.63, 3.8) is 0 Å². The molecule has 1 aromatic carbocycles. The normalized spacial score (nSPS) is 16.0. The molecule has 1 saturated heterocycles.